The van der Waals surface area contributed by atoms with E-state index in [1.807, 2.05) is 0 Å². The van der Waals surface area contributed by atoms with Crippen LogP contribution in [0.5, 0.6) is 0 Å². The third-order valence-corrected chi connectivity index (χ3v) is 1.92. The van der Waals surface area contributed by atoms with E-state index in [-0.39, 0.29) is 5.76 Å². The average Bonchev–Trinajstić information content (AvgIpc) is 2.44. The highest BCUT2D eigenvalue weighted by atomic mass is 79.9. The second-order valence-electron chi connectivity index (χ2n) is 2.31. The highest BCUT2D eigenvalue weighted by Crippen LogP contribution is 2.26. The molecular formula is C7H9BrN2O3. The molecule has 0 saturated carbocycles. The maximum atomic E-state index is 10.5. The van der Waals surface area contributed by atoms with Gasteiger partial charge in [0.05, 0.1) is 4.47 Å². The first-order valence-corrected chi connectivity index (χ1v) is 4.41. The van der Waals surface area contributed by atoms with Crippen LogP contribution in [0.25, 0.3) is 0 Å². The first-order chi connectivity index (χ1) is 6.15. The highest BCUT2D eigenvalue weighted by molar-refractivity contribution is 9.10. The Hall–Kier alpha value is -1.01. The van der Waals surface area contributed by atoms with Gasteiger partial charge >= 0.3 is 5.97 Å². The molecule has 13 heavy (non-hydrogen) atoms. The number of nitrogens with one attached hydrogen (secondary N) is 1. The van der Waals surface area contributed by atoms with Gasteiger partial charge in [-0.3, -0.25) is 0 Å². The summed E-state index contributed by atoms with van der Waals surface area (Å²) in [5.41, 5.74) is 5.26. The van der Waals surface area contributed by atoms with Crippen molar-refractivity contribution in [2.45, 2.75) is 0 Å². The van der Waals surface area contributed by atoms with E-state index in [9.17, 15) is 4.79 Å². The standard InChI is InChI=1S/C7H9BrN2O3/c8-4-3-5(7(11)12)13-6(4)10-2-1-9/h3,10H,1-2,9H2,(H,11,12). The van der Waals surface area contributed by atoms with Gasteiger partial charge in [-0.1, -0.05) is 0 Å². The zero-order chi connectivity index (χ0) is 9.84. The summed E-state index contributed by atoms with van der Waals surface area (Å²) >= 11 is 3.16. The van der Waals surface area contributed by atoms with Crippen LogP contribution in [0.3, 0.4) is 0 Å². The summed E-state index contributed by atoms with van der Waals surface area (Å²) in [7, 11) is 0. The smallest absolute Gasteiger partial charge is 0.371 e. The number of hydrogen-bond donors (Lipinski definition) is 3. The molecule has 0 amide bonds. The lowest BCUT2D eigenvalue weighted by Crippen LogP contribution is -2.12. The van der Waals surface area contributed by atoms with Crippen molar-refractivity contribution < 1.29 is 14.3 Å². The lowest BCUT2D eigenvalue weighted by Gasteiger charge is -1.99. The number of carboxylic acid groups (broad SMARTS) is 1. The predicted octanol–water partition coefficient (Wildman–Crippen LogP) is 1.11. The van der Waals surface area contributed by atoms with E-state index in [4.69, 9.17) is 15.3 Å². The molecule has 0 fully saturated rings. The van der Waals surface area contributed by atoms with Crippen molar-refractivity contribution >= 4 is 27.8 Å². The maximum absolute atomic E-state index is 10.5. The molecule has 5 nitrogen and oxygen atoms in total. The first kappa shape index (κ1) is 10.1. The van der Waals surface area contributed by atoms with Gasteiger partial charge in [0.1, 0.15) is 0 Å². The number of halogens is 1. The molecule has 6 heteroatoms. The van der Waals surface area contributed by atoms with Crippen molar-refractivity contribution in [3.8, 4) is 0 Å². The molecule has 72 valence electrons. The van der Waals surface area contributed by atoms with Crippen LogP contribution in [0.4, 0.5) is 5.88 Å². The van der Waals surface area contributed by atoms with Gasteiger partial charge in [-0.25, -0.2) is 4.79 Å². The van der Waals surface area contributed by atoms with Gasteiger partial charge in [-0.15, -0.1) is 0 Å². The van der Waals surface area contributed by atoms with Gasteiger partial charge in [0, 0.05) is 19.2 Å². The topological polar surface area (TPSA) is 88.5 Å². The lowest BCUT2D eigenvalue weighted by atomic mass is 10.4. The molecule has 0 aliphatic rings. The summed E-state index contributed by atoms with van der Waals surface area (Å²) in [4.78, 5) is 10.5. The normalized spacial score (nSPS) is 10.0. The second kappa shape index (κ2) is 4.29. The van der Waals surface area contributed by atoms with Crippen LogP contribution < -0.4 is 11.1 Å². The zero-order valence-electron chi connectivity index (χ0n) is 6.71. The van der Waals surface area contributed by atoms with Crippen LogP contribution >= 0.6 is 15.9 Å². The fourth-order valence-electron chi connectivity index (χ4n) is 0.780. The molecule has 1 rings (SSSR count). The summed E-state index contributed by atoms with van der Waals surface area (Å²) in [5, 5.41) is 11.4. The van der Waals surface area contributed by atoms with Crippen molar-refractivity contribution in [2.24, 2.45) is 5.73 Å². The Bertz CT molecular complexity index is 311. The summed E-state index contributed by atoms with van der Waals surface area (Å²) in [5.74, 6) is -0.809. The second-order valence-corrected chi connectivity index (χ2v) is 3.16. The van der Waals surface area contributed by atoms with E-state index < -0.39 is 5.97 Å². The Labute approximate surface area is 83.0 Å². The lowest BCUT2D eigenvalue weighted by molar-refractivity contribution is 0.0663. The van der Waals surface area contributed by atoms with E-state index in [0.29, 0.717) is 23.4 Å². The molecule has 0 unspecified atom stereocenters. The average molecular weight is 249 g/mol. The Morgan fingerprint density at radius 3 is 2.92 bits per heavy atom. The summed E-state index contributed by atoms with van der Waals surface area (Å²) in [6.45, 7) is 0.987. The minimum absolute atomic E-state index is 0.105. The predicted molar refractivity (Wildman–Crippen MR) is 50.9 cm³/mol. The Balaban J connectivity index is 2.77. The quantitative estimate of drug-likeness (QED) is 0.743. The van der Waals surface area contributed by atoms with Crippen molar-refractivity contribution in [1.82, 2.24) is 0 Å². The van der Waals surface area contributed by atoms with Crippen LogP contribution in [-0.2, 0) is 0 Å². The number of nitrogens with two attached hydrogens (primary N) is 1. The number of hydrogen-bond acceptors (Lipinski definition) is 4. The number of anilines is 1. The summed E-state index contributed by atoms with van der Waals surface area (Å²) in [6, 6.07) is 1.39. The fourth-order valence-corrected chi connectivity index (χ4v) is 1.21. The minimum atomic E-state index is -1.10. The van der Waals surface area contributed by atoms with Gasteiger partial charge in [0.2, 0.25) is 11.6 Å². The van der Waals surface area contributed by atoms with Gasteiger partial charge in [-0.05, 0) is 15.9 Å². The van der Waals surface area contributed by atoms with Gasteiger partial charge in [-0.2, -0.15) is 0 Å². The Morgan fingerprint density at radius 1 is 1.77 bits per heavy atom. The van der Waals surface area contributed by atoms with Crippen molar-refractivity contribution in [1.29, 1.82) is 0 Å². The van der Waals surface area contributed by atoms with Gasteiger partial charge in [0.15, 0.2) is 0 Å². The van der Waals surface area contributed by atoms with E-state index >= 15 is 0 Å². The number of rotatable bonds is 4. The molecule has 0 saturated heterocycles. The zero-order valence-corrected chi connectivity index (χ0v) is 8.30. The molecule has 0 atom stereocenters. The van der Waals surface area contributed by atoms with E-state index in [1.165, 1.54) is 6.07 Å². The summed E-state index contributed by atoms with van der Waals surface area (Å²) < 4.78 is 5.55. The third kappa shape index (κ3) is 2.46. The summed E-state index contributed by atoms with van der Waals surface area (Å²) in [6.07, 6.45) is 0. The molecule has 1 aromatic heterocycles. The van der Waals surface area contributed by atoms with Crippen molar-refractivity contribution in [3.05, 3.63) is 16.3 Å². The van der Waals surface area contributed by atoms with E-state index in [2.05, 4.69) is 21.2 Å². The number of carbonyl (C=O) groups is 1. The number of carboxylic acids is 1. The van der Waals surface area contributed by atoms with Crippen LogP contribution in [-0.4, -0.2) is 24.2 Å². The molecule has 0 aliphatic heterocycles. The molecular weight excluding hydrogens is 240 g/mol. The Kier molecular flexibility index (Phi) is 3.32. The SMILES string of the molecule is NCCNc1oc(C(=O)O)cc1Br. The first-order valence-electron chi connectivity index (χ1n) is 3.61. The fraction of sp³-hybridized carbons (Fsp3) is 0.286. The third-order valence-electron chi connectivity index (χ3n) is 1.33. The Morgan fingerprint density at radius 2 is 2.46 bits per heavy atom. The highest BCUT2D eigenvalue weighted by Gasteiger charge is 2.13. The molecule has 0 aromatic carbocycles. The molecule has 1 aromatic rings. The molecule has 0 spiro atoms. The van der Waals surface area contributed by atoms with Crippen molar-refractivity contribution in [3.63, 3.8) is 0 Å². The maximum Gasteiger partial charge on any atom is 0.371 e. The van der Waals surface area contributed by atoms with Crippen LogP contribution in [0.1, 0.15) is 10.6 Å². The minimum Gasteiger partial charge on any atom is -0.475 e. The van der Waals surface area contributed by atoms with Gasteiger partial charge < -0.3 is 20.6 Å². The molecule has 1 heterocycles. The monoisotopic (exact) mass is 248 g/mol. The largest absolute Gasteiger partial charge is 0.475 e. The van der Waals surface area contributed by atoms with E-state index in [0.717, 1.165) is 0 Å². The van der Waals surface area contributed by atoms with E-state index in [1.54, 1.807) is 0 Å². The molecule has 0 bridgehead atoms. The molecule has 4 N–H and O–H groups in total. The number of furan rings is 1. The van der Waals surface area contributed by atoms with Crippen LogP contribution in [0.15, 0.2) is 15.0 Å². The van der Waals surface area contributed by atoms with Gasteiger partial charge in [0.25, 0.3) is 0 Å². The van der Waals surface area contributed by atoms with Crippen LogP contribution in [0.2, 0.25) is 0 Å². The number of aromatic carboxylic acids is 1. The van der Waals surface area contributed by atoms with Crippen LogP contribution in [0, 0.1) is 0 Å². The van der Waals surface area contributed by atoms with Crippen molar-refractivity contribution in [2.75, 3.05) is 18.4 Å². The molecule has 0 aliphatic carbocycles. The molecule has 0 radical (unpaired) electrons.